The Morgan fingerprint density at radius 3 is 2.59 bits per heavy atom. The van der Waals surface area contributed by atoms with Gasteiger partial charge in [-0.2, -0.15) is 17.6 Å². The van der Waals surface area contributed by atoms with Gasteiger partial charge < -0.3 is 10.1 Å². The molecular weight excluding hydrogens is 375 g/mol. The molecule has 0 unspecified atom stereocenters. The molecule has 0 bridgehead atoms. The lowest BCUT2D eigenvalue weighted by Gasteiger charge is -2.06. The molecular formula is C17H17FN4O4S. The Labute approximate surface area is 155 Å². The lowest BCUT2D eigenvalue weighted by molar-refractivity contribution is 0.0951. The molecule has 0 aliphatic rings. The third kappa shape index (κ3) is 4.47. The predicted octanol–water partition coefficient (Wildman–Crippen LogP) is 1.93. The van der Waals surface area contributed by atoms with Gasteiger partial charge in [0, 0.05) is 6.20 Å². The van der Waals surface area contributed by atoms with Crippen LogP contribution in [0.15, 0.2) is 70.6 Å². The topological polar surface area (TPSA) is 103 Å². The number of aromatic nitrogens is 2. The highest BCUT2D eigenvalue weighted by Crippen LogP contribution is 2.18. The van der Waals surface area contributed by atoms with Crippen molar-refractivity contribution in [3.8, 4) is 5.75 Å². The number of carbonyl (C=O) groups is 1. The highest BCUT2D eigenvalue weighted by molar-refractivity contribution is 7.89. The highest BCUT2D eigenvalue weighted by Gasteiger charge is 2.20. The summed E-state index contributed by atoms with van der Waals surface area (Å²) in [6.07, 6.45) is 2.08. The van der Waals surface area contributed by atoms with Crippen LogP contribution in [0.4, 0.5) is 4.39 Å². The predicted molar refractivity (Wildman–Crippen MR) is 98.0 cm³/mol. The SMILES string of the molecule is C=C/C(F)=C(/CNC(=O)c1ccn(S(=O)(=O)c2ccc(OC)cc2)n1)N=C. The van der Waals surface area contributed by atoms with E-state index in [4.69, 9.17) is 4.74 Å². The van der Waals surface area contributed by atoms with Crippen molar-refractivity contribution in [2.75, 3.05) is 13.7 Å². The van der Waals surface area contributed by atoms with Crippen LogP contribution in [0.2, 0.25) is 0 Å². The molecule has 0 saturated carbocycles. The van der Waals surface area contributed by atoms with Crippen LogP contribution >= 0.6 is 0 Å². The second-order valence-corrected chi connectivity index (χ2v) is 6.89. The van der Waals surface area contributed by atoms with Crippen LogP contribution in [0.25, 0.3) is 0 Å². The van der Waals surface area contributed by atoms with Gasteiger partial charge in [-0.25, -0.2) is 4.39 Å². The van der Waals surface area contributed by atoms with Crippen LogP contribution in [0.1, 0.15) is 10.5 Å². The zero-order chi connectivity index (χ0) is 20.0. The molecule has 1 heterocycles. The molecule has 142 valence electrons. The van der Waals surface area contributed by atoms with Gasteiger partial charge in [-0.15, -0.1) is 0 Å². The van der Waals surface area contributed by atoms with E-state index in [-0.39, 0.29) is 22.8 Å². The molecule has 8 nitrogen and oxygen atoms in total. The fourth-order valence-electron chi connectivity index (χ4n) is 2.01. The first-order chi connectivity index (χ1) is 12.8. The molecule has 1 amide bonds. The maximum Gasteiger partial charge on any atom is 0.282 e. The molecule has 1 N–H and O–H groups in total. The Balaban J connectivity index is 2.18. The number of halogens is 1. The fourth-order valence-corrected chi connectivity index (χ4v) is 3.12. The van der Waals surface area contributed by atoms with E-state index >= 15 is 0 Å². The molecule has 1 aromatic carbocycles. The molecule has 0 aliphatic heterocycles. The van der Waals surface area contributed by atoms with E-state index < -0.39 is 21.8 Å². The largest absolute Gasteiger partial charge is 0.497 e. The molecule has 1 aromatic heterocycles. The summed E-state index contributed by atoms with van der Waals surface area (Å²) in [6, 6.07) is 6.94. The van der Waals surface area contributed by atoms with Crippen molar-refractivity contribution in [1.82, 2.24) is 14.5 Å². The molecule has 10 heteroatoms. The third-order valence-corrected chi connectivity index (χ3v) is 5.03. The first kappa shape index (κ1) is 20.0. The lowest BCUT2D eigenvalue weighted by Crippen LogP contribution is -2.26. The first-order valence-electron chi connectivity index (χ1n) is 7.54. The monoisotopic (exact) mass is 392 g/mol. The minimum absolute atomic E-state index is 0.0208. The van der Waals surface area contributed by atoms with Crippen molar-refractivity contribution in [3.63, 3.8) is 0 Å². The second kappa shape index (κ2) is 8.41. The van der Waals surface area contributed by atoms with Crippen molar-refractivity contribution < 1.29 is 22.3 Å². The number of hydrogen-bond donors (Lipinski definition) is 1. The van der Waals surface area contributed by atoms with E-state index in [1.807, 2.05) is 0 Å². The molecule has 2 rings (SSSR count). The summed E-state index contributed by atoms with van der Waals surface area (Å²) in [5, 5.41) is 6.16. The van der Waals surface area contributed by atoms with Gasteiger partial charge in [0.1, 0.15) is 11.6 Å². The Bertz CT molecular complexity index is 994. The number of hydrogen-bond acceptors (Lipinski definition) is 6. The second-order valence-electron chi connectivity index (χ2n) is 5.09. The quantitative estimate of drug-likeness (QED) is 0.546. The highest BCUT2D eigenvalue weighted by atomic mass is 32.2. The zero-order valence-electron chi connectivity index (χ0n) is 14.4. The van der Waals surface area contributed by atoms with Crippen LogP contribution in [0.3, 0.4) is 0 Å². The van der Waals surface area contributed by atoms with Crippen LogP contribution < -0.4 is 10.1 Å². The fraction of sp³-hybridized carbons (Fsp3) is 0.118. The molecule has 0 fully saturated rings. The van der Waals surface area contributed by atoms with Crippen molar-refractivity contribution in [1.29, 1.82) is 0 Å². The summed E-state index contributed by atoms with van der Waals surface area (Å²) in [7, 11) is -2.51. The van der Waals surface area contributed by atoms with Crippen LogP contribution in [0.5, 0.6) is 5.75 Å². The van der Waals surface area contributed by atoms with E-state index in [9.17, 15) is 17.6 Å². The minimum Gasteiger partial charge on any atom is -0.497 e. The van der Waals surface area contributed by atoms with Crippen LogP contribution in [-0.2, 0) is 10.0 Å². The standard InChI is InChI=1S/C17H17FN4O4S/c1-4-14(18)16(19-2)11-20-17(23)15-9-10-22(21-15)27(24,25)13-7-5-12(26-3)6-8-13/h4-10H,1-2,11H2,3H3,(H,20,23)/b16-14+. The van der Waals surface area contributed by atoms with E-state index in [0.29, 0.717) is 9.84 Å². The number of nitrogens with one attached hydrogen (secondary N) is 1. The Hall–Kier alpha value is -3.27. The minimum atomic E-state index is -3.97. The van der Waals surface area contributed by atoms with Crippen molar-refractivity contribution in [3.05, 3.63) is 66.4 Å². The van der Waals surface area contributed by atoms with E-state index in [2.05, 4.69) is 28.7 Å². The number of nitrogens with zero attached hydrogens (tertiary/aromatic N) is 3. The van der Waals surface area contributed by atoms with Crippen molar-refractivity contribution >= 4 is 22.6 Å². The Kier molecular flexibility index (Phi) is 6.24. The number of allylic oxidation sites excluding steroid dienone is 2. The molecule has 0 spiro atoms. The molecule has 0 radical (unpaired) electrons. The van der Waals surface area contributed by atoms with Crippen LogP contribution in [0, 0.1) is 0 Å². The van der Waals surface area contributed by atoms with E-state index in [0.717, 1.165) is 12.3 Å². The number of amides is 1. The smallest absolute Gasteiger partial charge is 0.282 e. The number of rotatable bonds is 8. The van der Waals surface area contributed by atoms with Gasteiger partial charge in [0.2, 0.25) is 0 Å². The van der Waals surface area contributed by atoms with Crippen molar-refractivity contribution in [2.24, 2.45) is 4.99 Å². The number of methoxy groups -OCH3 is 1. The summed E-state index contributed by atoms with van der Waals surface area (Å²) < 4.78 is 44.2. The van der Waals surface area contributed by atoms with E-state index in [1.54, 1.807) is 0 Å². The Morgan fingerprint density at radius 1 is 1.37 bits per heavy atom. The normalized spacial score (nSPS) is 12.1. The summed E-state index contributed by atoms with van der Waals surface area (Å²) in [5.74, 6) is -0.921. The van der Waals surface area contributed by atoms with Gasteiger partial charge in [-0.3, -0.25) is 9.79 Å². The zero-order valence-corrected chi connectivity index (χ0v) is 15.2. The molecule has 0 saturated heterocycles. The van der Waals surface area contributed by atoms with Crippen LogP contribution in [-0.4, -0.2) is 43.9 Å². The van der Waals surface area contributed by atoms with Gasteiger partial charge in [0.15, 0.2) is 5.69 Å². The summed E-state index contributed by atoms with van der Waals surface area (Å²) in [6.45, 7) is 6.22. The summed E-state index contributed by atoms with van der Waals surface area (Å²) >= 11 is 0. The average molecular weight is 392 g/mol. The lowest BCUT2D eigenvalue weighted by atomic mass is 10.3. The molecule has 27 heavy (non-hydrogen) atoms. The molecule has 0 aliphatic carbocycles. The number of ether oxygens (including phenoxy) is 1. The summed E-state index contributed by atoms with van der Waals surface area (Å²) in [5.41, 5.74) is -0.266. The maximum atomic E-state index is 13.4. The maximum absolute atomic E-state index is 13.4. The van der Waals surface area contributed by atoms with Gasteiger partial charge in [-0.1, -0.05) is 6.58 Å². The van der Waals surface area contributed by atoms with Gasteiger partial charge >= 0.3 is 0 Å². The number of carbonyl (C=O) groups excluding carboxylic acids is 1. The summed E-state index contributed by atoms with van der Waals surface area (Å²) in [4.78, 5) is 15.5. The number of aliphatic imine (C=N–C) groups is 1. The van der Waals surface area contributed by atoms with E-state index in [1.165, 1.54) is 37.4 Å². The Morgan fingerprint density at radius 2 is 2.04 bits per heavy atom. The third-order valence-electron chi connectivity index (χ3n) is 3.46. The first-order valence-corrected chi connectivity index (χ1v) is 8.98. The van der Waals surface area contributed by atoms with Crippen molar-refractivity contribution in [2.45, 2.75) is 4.90 Å². The number of benzene rings is 1. The molecule has 2 aromatic rings. The van der Waals surface area contributed by atoms with Gasteiger partial charge in [0.25, 0.3) is 15.9 Å². The molecule has 0 atom stereocenters. The van der Waals surface area contributed by atoms with Gasteiger partial charge in [0.05, 0.1) is 24.2 Å². The average Bonchev–Trinajstić information content (AvgIpc) is 3.19. The van der Waals surface area contributed by atoms with Gasteiger partial charge in [-0.05, 0) is 43.1 Å².